The molecule has 0 radical (unpaired) electrons. The van der Waals surface area contributed by atoms with Crippen LogP contribution in [0.3, 0.4) is 0 Å². The second-order valence-electron chi connectivity index (χ2n) is 5.37. The second kappa shape index (κ2) is 8.15. The van der Waals surface area contributed by atoms with Gasteiger partial charge in [0.25, 0.3) is 0 Å². The maximum absolute atomic E-state index is 12.6. The van der Waals surface area contributed by atoms with E-state index in [0.29, 0.717) is 32.4 Å². The van der Waals surface area contributed by atoms with Crippen LogP contribution in [0.5, 0.6) is 0 Å². The normalized spacial score (nSPS) is 10.2. The molecule has 126 valence electrons. The van der Waals surface area contributed by atoms with Crippen molar-refractivity contribution in [1.82, 2.24) is 9.97 Å². The summed E-state index contributed by atoms with van der Waals surface area (Å²) in [6.45, 7) is 5.47. The Bertz CT molecular complexity index is 926. The van der Waals surface area contributed by atoms with Gasteiger partial charge < -0.3 is 0 Å². The molecule has 2 aromatic heterocycles. The van der Waals surface area contributed by atoms with Gasteiger partial charge in [-0.1, -0.05) is 11.8 Å². The molecule has 0 saturated carbocycles. The molecule has 0 spiro atoms. The molecule has 0 aromatic carbocycles. The van der Waals surface area contributed by atoms with Crippen LogP contribution in [0.2, 0.25) is 0 Å². The van der Waals surface area contributed by atoms with Gasteiger partial charge in [0.05, 0.1) is 16.9 Å². The molecule has 0 aliphatic carbocycles. The molecule has 0 N–H and O–H groups in total. The van der Waals surface area contributed by atoms with E-state index in [2.05, 4.69) is 22.1 Å². The molecule has 7 heteroatoms. The number of nitrogens with zero attached hydrogens (tertiary/aromatic N) is 4. The van der Waals surface area contributed by atoms with E-state index in [1.165, 1.54) is 23.5 Å². The Morgan fingerprint density at radius 3 is 2.44 bits per heavy atom. The van der Waals surface area contributed by atoms with E-state index in [0.717, 1.165) is 11.3 Å². The van der Waals surface area contributed by atoms with Crippen molar-refractivity contribution in [1.29, 1.82) is 10.5 Å². The molecular weight excluding hydrogens is 352 g/mol. The number of hydrogen-bond acceptors (Lipinski definition) is 7. The van der Waals surface area contributed by atoms with Gasteiger partial charge in [0.2, 0.25) is 0 Å². The fourth-order valence-electron chi connectivity index (χ4n) is 2.36. The summed E-state index contributed by atoms with van der Waals surface area (Å²) in [5.41, 5.74) is 3.58. The summed E-state index contributed by atoms with van der Waals surface area (Å²) in [5, 5.41) is 19.7. The van der Waals surface area contributed by atoms with E-state index < -0.39 is 0 Å². The number of rotatable bonds is 5. The van der Waals surface area contributed by atoms with E-state index in [9.17, 15) is 15.3 Å². The van der Waals surface area contributed by atoms with Crippen molar-refractivity contribution in [3.8, 4) is 12.1 Å². The maximum Gasteiger partial charge on any atom is 0.175 e. The number of pyridine rings is 2. The first-order chi connectivity index (χ1) is 11.9. The molecule has 0 fully saturated rings. The predicted molar refractivity (Wildman–Crippen MR) is 99.0 cm³/mol. The van der Waals surface area contributed by atoms with Crippen molar-refractivity contribution in [2.24, 2.45) is 0 Å². The highest BCUT2D eigenvalue weighted by Crippen LogP contribution is 2.26. The van der Waals surface area contributed by atoms with Crippen LogP contribution in [0, 0.1) is 43.4 Å². The lowest BCUT2D eigenvalue weighted by atomic mass is 10.1. The van der Waals surface area contributed by atoms with Crippen molar-refractivity contribution < 1.29 is 4.79 Å². The number of aryl methyl sites for hydroxylation is 3. The van der Waals surface area contributed by atoms with Crippen LogP contribution in [-0.4, -0.2) is 27.8 Å². The summed E-state index contributed by atoms with van der Waals surface area (Å²) in [6, 6.07) is 7.67. The zero-order valence-corrected chi connectivity index (χ0v) is 16.0. The van der Waals surface area contributed by atoms with Crippen molar-refractivity contribution in [3.05, 3.63) is 45.8 Å². The first kappa shape index (κ1) is 19.0. The minimum atomic E-state index is -0.135. The molecule has 0 bridgehead atoms. The maximum atomic E-state index is 12.6. The molecule has 0 saturated heterocycles. The van der Waals surface area contributed by atoms with Gasteiger partial charge in [-0.2, -0.15) is 10.5 Å². The van der Waals surface area contributed by atoms with Crippen LogP contribution in [0.15, 0.2) is 22.2 Å². The minimum absolute atomic E-state index is 0.135. The number of thioether (sulfide) groups is 2. The van der Waals surface area contributed by atoms with Gasteiger partial charge in [-0.25, -0.2) is 9.97 Å². The first-order valence-electron chi connectivity index (χ1n) is 7.41. The number of hydrogen-bond donors (Lipinski definition) is 0. The lowest BCUT2D eigenvalue weighted by Gasteiger charge is -2.09. The molecule has 25 heavy (non-hydrogen) atoms. The van der Waals surface area contributed by atoms with Crippen LogP contribution in [0.1, 0.15) is 38.4 Å². The smallest absolute Gasteiger partial charge is 0.175 e. The van der Waals surface area contributed by atoms with Crippen molar-refractivity contribution in [2.45, 2.75) is 30.8 Å². The lowest BCUT2D eigenvalue weighted by molar-refractivity contribution is 0.102. The third kappa shape index (κ3) is 4.19. The second-order valence-corrected chi connectivity index (χ2v) is 7.13. The predicted octanol–water partition coefficient (Wildman–Crippen LogP) is 3.84. The fraction of sp³-hybridized carbons (Fsp3) is 0.278. The standard InChI is InChI=1S/C18H16N4OS2/c1-10-5-11(2)21-18(15(10)8-20)25-9-16(23)14-6-13(7-19)17(24-4)22-12(14)3/h5-6H,9H2,1-4H3. The first-order valence-corrected chi connectivity index (χ1v) is 9.62. The van der Waals surface area contributed by atoms with Gasteiger partial charge in [-0.15, -0.1) is 11.8 Å². The average Bonchev–Trinajstić information content (AvgIpc) is 2.58. The Balaban J connectivity index is 2.28. The Hall–Kier alpha value is -2.35. The van der Waals surface area contributed by atoms with Crippen LogP contribution >= 0.6 is 23.5 Å². The van der Waals surface area contributed by atoms with Crippen LogP contribution in [0.4, 0.5) is 0 Å². The summed E-state index contributed by atoms with van der Waals surface area (Å²) in [4.78, 5) is 21.3. The van der Waals surface area contributed by atoms with Gasteiger partial charge in [-0.05, 0) is 44.7 Å². The van der Waals surface area contributed by atoms with Crippen LogP contribution in [0.25, 0.3) is 0 Å². The number of Topliss-reactive ketones (excluding diaryl/α,β-unsaturated/α-hetero) is 1. The molecule has 0 atom stereocenters. The Morgan fingerprint density at radius 2 is 1.84 bits per heavy atom. The summed E-state index contributed by atoms with van der Waals surface area (Å²) >= 11 is 2.61. The summed E-state index contributed by atoms with van der Waals surface area (Å²) in [5.74, 6) is 0.000309. The third-order valence-corrected chi connectivity index (χ3v) is 5.23. The number of ketones is 1. The number of aromatic nitrogens is 2. The summed E-state index contributed by atoms with van der Waals surface area (Å²) in [6.07, 6.45) is 1.84. The molecule has 2 rings (SSSR count). The van der Waals surface area contributed by atoms with E-state index in [1.807, 2.05) is 26.2 Å². The average molecular weight is 368 g/mol. The molecule has 2 heterocycles. The third-order valence-electron chi connectivity index (χ3n) is 3.56. The van der Waals surface area contributed by atoms with Crippen molar-refractivity contribution >= 4 is 29.3 Å². The minimum Gasteiger partial charge on any atom is -0.293 e. The van der Waals surface area contributed by atoms with Crippen LogP contribution in [-0.2, 0) is 0 Å². The van der Waals surface area contributed by atoms with Gasteiger partial charge in [0, 0.05) is 17.0 Å². The van der Waals surface area contributed by atoms with Gasteiger partial charge in [0.15, 0.2) is 5.78 Å². The Kier molecular flexibility index (Phi) is 6.19. The Morgan fingerprint density at radius 1 is 1.12 bits per heavy atom. The monoisotopic (exact) mass is 368 g/mol. The lowest BCUT2D eigenvalue weighted by Crippen LogP contribution is -2.08. The van der Waals surface area contributed by atoms with E-state index in [-0.39, 0.29) is 11.5 Å². The summed E-state index contributed by atoms with van der Waals surface area (Å²) in [7, 11) is 0. The number of nitriles is 2. The largest absolute Gasteiger partial charge is 0.293 e. The Labute approximate surface area is 155 Å². The van der Waals surface area contributed by atoms with Crippen molar-refractivity contribution in [3.63, 3.8) is 0 Å². The van der Waals surface area contributed by atoms with Crippen LogP contribution < -0.4 is 0 Å². The van der Waals surface area contributed by atoms with Gasteiger partial charge in [0.1, 0.15) is 22.2 Å². The molecule has 0 unspecified atom stereocenters. The number of carbonyl (C=O) groups is 1. The topological polar surface area (TPSA) is 90.4 Å². The van der Waals surface area contributed by atoms with Crippen molar-refractivity contribution in [2.75, 3.05) is 12.0 Å². The highest BCUT2D eigenvalue weighted by Gasteiger charge is 2.17. The number of carbonyl (C=O) groups excluding carboxylic acids is 1. The molecule has 0 aliphatic heterocycles. The molecule has 0 aliphatic rings. The molecular formula is C18H16N4OS2. The van der Waals surface area contributed by atoms with E-state index >= 15 is 0 Å². The van der Waals surface area contributed by atoms with E-state index in [4.69, 9.17) is 0 Å². The van der Waals surface area contributed by atoms with Gasteiger partial charge in [-0.3, -0.25) is 4.79 Å². The summed E-state index contributed by atoms with van der Waals surface area (Å²) < 4.78 is 0. The zero-order chi connectivity index (χ0) is 18.6. The fourth-order valence-corrected chi connectivity index (χ4v) is 3.89. The molecule has 2 aromatic rings. The van der Waals surface area contributed by atoms with Gasteiger partial charge >= 0.3 is 0 Å². The SMILES string of the molecule is CSc1nc(C)c(C(=O)CSc2nc(C)cc(C)c2C#N)cc1C#N. The van der Waals surface area contributed by atoms with E-state index in [1.54, 1.807) is 13.0 Å². The highest BCUT2D eigenvalue weighted by molar-refractivity contribution is 8.00. The zero-order valence-electron chi connectivity index (χ0n) is 14.4. The molecule has 0 amide bonds. The quantitative estimate of drug-likeness (QED) is 0.585. The highest BCUT2D eigenvalue weighted by atomic mass is 32.2. The molecule has 5 nitrogen and oxygen atoms in total.